The Hall–Kier alpha value is -3.55. The van der Waals surface area contributed by atoms with Gasteiger partial charge >= 0.3 is 0 Å². The van der Waals surface area contributed by atoms with E-state index in [1.165, 1.54) is 15.6 Å². The Morgan fingerprint density at radius 1 is 1.12 bits per heavy atom. The van der Waals surface area contributed by atoms with Crippen molar-refractivity contribution in [2.75, 3.05) is 18.9 Å². The van der Waals surface area contributed by atoms with E-state index in [1.807, 2.05) is 32.0 Å². The predicted octanol–water partition coefficient (Wildman–Crippen LogP) is 3.97. The molecule has 2 aromatic carbocycles. The average molecular weight is 438 g/mol. The second kappa shape index (κ2) is 8.53. The molecule has 0 unspecified atom stereocenters. The number of nitrogens with one attached hydrogen (secondary N) is 1. The molecule has 1 aliphatic carbocycles. The monoisotopic (exact) mass is 438 g/mol. The van der Waals surface area contributed by atoms with Crippen LogP contribution in [0.1, 0.15) is 39.3 Å². The summed E-state index contributed by atoms with van der Waals surface area (Å²) in [5, 5.41) is 7.26. The number of nitrogens with zero attached hydrogens (tertiary/aromatic N) is 3. The summed E-state index contributed by atoms with van der Waals surface area (Å²) < 4.78 is 28.6. The highest BCUT2D eigenvalue weighted by molar-refractivity contribution is 5.99. The minimum atomic E-state index is -0.974. The molecule has 0 saturated heterocycles. The Balaban J connectivity index is 1.54. The highest BCUT2D eigenvalue weighted by Crippen LogP contribution is 2.29. The number of fused-ring (bicyclic) bond motifs is 1. The maximum atomic E-state index is 13.8. The number of hydrogen-bond acceptors (Lipinski definition) is 3. The van der Waals surface area contributed by atoms with Gasteiger partial charge in [-0.25, -0.2) is 13.5 Å². The number of carbonyl (C=O) groups excluding carboxylic acids is 2. The van der Waals surface area contributed by atoms with E-state index in [0.29, 0.717) is 24.2 Å². The SMILES string of the molecule is Cc1cccc(NC(=O)CN(C)C(=O)c2nn(-c3ccc(F)c(F)c3)c3c2CCC3)c1C. The molecule has 1 aliphatic rings. The molecule has 1 heterocycles. The zero-order valence-electron chi connectivity index (χ0n) is 18.2. The number of anilines is 1. The first kappa shape index (κ1) is 21.7. The minimum absolute atomic E-state index is 0.140. The standard InChI is InChI=1S/C24H24F2N4O2/c1-14-6-4-8-20(15(14)2)27-22(31)13-29(3)24(32)23-17-7-5-9-21(17)30(28-23)16-10-11-18(25)19(26)12-16/h4,6,8,10-12H,5,7,9,13H2,1-3H3,(H,27,31). The molecule has 0 radical (unpaired) electrons. The zero-order valence-corrected chi connectivity index (χ0v) is 18.2. The van der Waals surface area contributed by atoms with Crippen LogP contribution >= 0.6 is 0 Å². The summed E-state index contributed by atoms with van der Waals surface area (Å²) >= 11 is 0. The highest BCUT2D eigenvalue weighted by atomic mass is 19.2. The van der Waals surface area contributed by atoms with Crippen molar-refractivity contribution in [2.24, 2.45) is 0 Å². The molecule has 166 valence electrons. The lowest BCUT2D eigenvalue weighted by Gasteiger charge is -2.17. The largest absolute Gasteiger partial charge is 0.331 e. The Kier molecular flexibility index (Phi) is 5.78. The van der Waals surface area contributed by atoms with Gasteiger partial charge in [0.2, 0.25) is 5.91 Å². The van der Waals surface area contributed by atoms with Gasteiger partial charge in [0.1, 0.15) is 0 Å². The fraction of sp³-hybridized carbons (Fsp3) is 0.292. The average Bonchev–Trinajstić information content (AvgIpc) is 3.36. The summed E-state index contributed by atoms with van der Waals surface area (Å²) in [5.41, 5.74) is 4.94. The van der Waals surface area contributed by atoms with Gasteiger partial charge in [-0.3, -0.25) is 9.59 Å². The highest BCUT2D eigenvalue weighted by Gasteiger charge is 2.29. The van der Waals surface area contributed by atoms with Crippen LogP contribution in [0.2, 0.25) is 0 Å². The van der Waals surface area contributed by atoms with Crippen molar-refractivity contribution in [3.8, 4) is 5.69 Å². The number of halogens is 2. The molecule has 0 aliphatic heterocycles. The van der Waals surface area contributed by atoms with Crippen LogP contribution in [0.4, 0.5) is 14.5 Å². The van der Waals surface area contributed by atoms with Crippen LogP contribution in [0.15, 0.2) is 36.4 Å². The fourth-order valence-electron chi connectivity index (χ4n) is 3.98. The molecule has 4 rings (SSSR count). The maximum absolute atomic E-state index is 13.8. The molecular formula is C24H24F2N4O2. The Morgan fingerprint density at radius 2 is 1.91 bits per heavy atom. The molecule has 1 N–H and O–H groups in total. The second-order valence-electron chi connectivity index (χ2n) is 8.09. The van der Waals surface area contributed by atoms with E-state index in [0.717, 1.165) is 40.9 Å². The smallest absolute Gasteiger partial charge is 0.274 e. The van der Waals surface area contributed by atoms with Gasteiger partial charge in [-0.15, -0.1) is 0 Å². The van der Waals surface area contributed by atoms with Crippen LogP contribution < -0.4 is 5.32 Å². The van der Waals surface area contributed by atoms with Gasteiger partial charge in [0.05, 0.1) is 12.2 Å². The fourth-order valence-corrected chi connectivity index (χ4v) is 3.98. The molecule has 32 heavy (non-hydrogen) atoms. The number of benzene rings is 2. The second-order valence-corrected chi connectivity index (χ2v) is 8.09. The Labute approximate surface area is 184 Å². The summed E-state index contributed by atoms with van der Waals surface area (Å²) in [6, 6.07) is 9.18. The van der Waals surface area contributed by atoms with E-state index in [4.69, 9.17) is 0 Å². The molecule has 0 saturated carbocycles. The molecule has 0 bridgehead atoms. The van der Waals surface area contributed by atoms with Crippen LogP contribution in [0.5, 0.6) is 0 Å². The summed E-state index contributed by atoms with van der Waals surface area (Å²) in [7, 11) is 1.54. The maximum Gasteiger partial charge on any atom is 0.274 e. The topological polar surface area (TPSA) is 67.2 Å². The van der Waals surface area contributed by atoms with Crippen LogP contribution in [0.25, 0.3) is 5.69 Å². The van der Waals surface area contributed by atoms with Crippen molar-refractivity contribution in [1.82, 2.24) is 14.7 Å². The van der Waals surface area contributed by atoms with E-state index in [1.54, 1.807) is 7.05 Å². The van der Waals surface area contributed by atoms with Crippen LogP contribution in [0, 0.1) is 25.5 Å². The molecule has 0 fully saturated rings. The minimum Gasteiger partial charge on any atom is -0.331 e. The van der Waals surface area contributed by atoms with Crippen molar-refractivity contribution in [2.45, 2.75) is 33.1 Å². The number of aromatic nitrogens is 2. The molecule has 1 aromatic heterocycles. The van der Waals surface area contributed by atoms with Gasteiger partial charge in [0.25, 0.3) is 5.91 Å². The number of likely N-dealkylation sites (N-methyl/N-ethyl adjacent to an activating group) is 1. The normalized spacial score (nSPS) is 12.5. The molecular weight excluding hydrogens is 414 g/mol. The van der Waals surface area contributed by atoms with Gasteiger partial charge in [-0.1, -0.05) is 12.1 Å². The lowest BCUT2D eigenvalue weighted by molar-refractivity contribution is -0.116. The lowest BCUT2D eigenvalue weighted by Crippen LogP contribution is -2.35. The summed E-state index contributed by atoms with van der Waals surface area (Å²) in [6.07, 6.45) is 2.20. The van der Waals surface area contributed by atoms with Crippen molar-refractivity contribution in [3.63, 3.8) is 0 Å². The van der Waals surface area contributed by atoms with Crippen LogP contribution in [0.3, 0.4) is 0 Å². The first-order valence-electron chi connectivity index (χ1n) is 10.4. The number of amides is 2. The lowest BCUT2D eigenvalue weighted by atomic mass is 10.1. The van der Waals surface area contributed by atoms with Crippen LogP contribution in [-0.2, 0) is 17.6 Å². The van der Waals surface area contributed by atoms with Crippen molar-refractivity contribution in [1.29, 1.82) is 0 Å². The van der Waals surface area contributed by atoms with E-state index in [9.17, 15) is 18.4 Å². The third kappa shape index (κ3) is 4.00. The van der Waals surface area contributed by atoms with E-state index in [-0.39, 0.29) is 24.1 Å². The molecule has 3 aromatic rings. The number of aryl methyl sites for hydroxylation is 1. The van der Waals surface area contributed by atoms with Gasteiger partial charge in [-0.05, 0) is 62.4 Å². The van der Waals surface area contributed by atoms with Crippen molar-refractivity contribution >= 4 is 17.5 Å². The Bertz CT molecular complexity index is 1220. The third-order valence-corrected chi connectivity index (χ3v) is 5.89. The summed E-state index contributed by atoms with van der Waals surface area (Å²) in [5.74, 6) is -2.62. The molecule has 0 atom stereocenters. The van der Waals surface area contributed by atoms with E-state index in [2.05, 4.69) is 10.4 Å². The number of carbonyl (C=O) groups is 2. The predicted molar refractivity (Wildman–Crippen MR) is 117 cm³/mol. The quantitative estimate of drug-likeness (QED) is 0.656. The number of hydrogen-bond donors (Lipinski definition) is 1. The molecule has 8 heteroatoms. The van der Waals surface area contributed by atoms with Gasteiger partial charge in [0.15, 0.2) is 17.3 Å². The zero-order chi connectivity index (χ0) is 23.0. The Morgan fingerprint density at radius 3 is 2.66 bits per heavy atom. The first-order chi connectivity index (χ1) is 15.3. The van der Waals surface area contributed by atoms with Gasteiger partial charge in [-0.2, -0.15) is 5.10 Å². The molecule has 2 amide bonds. The first-order valence-corrected chi connectivity index (χ1v) is 10.4. The summed E-state index contributed by atoms with van der Waals surface area (Å²) in [4.78, 5) is 27.0. The van der Waals surface area contributed by atoms with Crippen molar-refractivity contribution in [3.05, 3.63) is 76.1 Å². The third-order valence-electron chi connectivity index (χ3n) is 5.89. The molecule has 0 spiro atoms. The van der Waals surface area contributed by atoms with Gasteiger partial charge in [0, 0.05) is 30.1 Å². The van der Waals surface area contributed by atoms with Gasteiger partial charge < -0.3 is 10.2 Å². The van der Waals surface area contributed by atoms with E-state index >= 15 is 0 Å². The number of rotatable bonds is 5. The molecule has 6 nitrogen and oxygen atoms in total. The summed E-state index contributed by atoms with van der Waals surface area (Å²) in [6.45, 7) is 3.75. The van der Waals surface area contributed by atoms with E-state index < -0.39 is 11.6 Å². The van der Waals surface area contributed by atoms with Crippen molar-refractivity contribution < 1.29 is 18.4 Å². The van der Waals surface area contributed by atoms with Crippen LogP contribution in [-0.4, -0.2) is 40.1 Å².